The van der Waals surface area contributed by atoms with Gasteiger partial charge in [0, 0.05) is 31.5 Å². The predicted octanol–water partition coefficient (Wildman–Crippen LogP) is 1.69. The molecule has 0 aromatic carbocycles. The van der Waals surface area contributed by atoms with E-state index in [0.717, 1.165) is 19.5 Å². The number of aromatic nitrogens is 2. The van der Waals surface area contributed by atoms with Crippen molar-refractivity contribution in [1.82, 2.24) is 14.5 Å². The first-order valence-electron chi connectivity index (χ1n) is 7.06. The topological polar surface area (TPSA) is 47.4 Å². The summed E-state index contributed by atoms with van der Waals surface area (Å²) in [6, 6.07) is 0.557. The van der Waals surface area contributed by atoms with Crippen molar-refractivity contribution in [2.24, 2.45) is 0 Å². The number of aryl methyl sites for hydroxylation is 1. The Hall–Kier alpha value is -1.36. The van der Waals surface area contributed by atoms with Crippen molar-refractivity contribution in [2.45, 2.75) is 44.7 Å². The lowest BCUT2D eigenvalue weighted by molar-refractivity contribution is -0.142. The molecular weight excluding hydrogens is 242 g/mol. The van der Waals surface area contributed by atoms with Gasteiger partial charge in [-0.1, -0.05) is 12.8 Å². The van der Waals surface area contributed by atoms with Crippen LogP contribution in [0.3, 0.4) is 0 Å². The van der Waals surface area contributed by atoms with E-state index in [1.807, 2.05) is 12.5 Å². The maximum absolute atomic E-state index is 11.5. The molecule has 1 aliphatic carbocycles. The zero-order chi connectivity index (χ0) is 13.5. The van der Waals surface area contributed by atoms with Crippen LogP contribution in [0.5, 0.6) is 0 Å². The molecule has 1 aromatic heterocycles. The summed E-state index contributed by atoms with van der Waals surface area (Å²) in [6.45, 7) is 2.31. The molecule has 5 nitrogen and oxygen atoms in total. The fraction of sp³-hybridized carbons (Fsp3) is 0.714. The van der Waals surface area contributed by atoms with Crippen LogP contribution in [0.25, 0.3) is 0 Å². The second-order valence-electron chi connectivity index (χ2n) is 5.14. The van der Waals surface area contributed by atoms with Crippen LogP contribution >= 0.6 is 0 Å². The number of hydrogen-bond acceptors (Lipinski definition) is 4. The Bertz CT molecular complexity index is 372. The lowest BCUT2D eigenvalue weighted by Crippen LogP contribution is -2.39. The Balaban J connectivity index is 1.80. The highest BCUT2D eigenvalue weighted by atomic mass is 16.5. The van der Waals surface area contributed by atoms with Crippen molar-refractivity contribution in [3.63, 3.8) is 0 Å². The fourth-order valence-electron chi connectivity index (χ4n) is 2.77. The molecule has 2 rings (SSSR count). The fourth-order valence-corrected chi connectivity index (χ4v) is 2.77. The number of carbonyl (C=O) groups excluding carboxylic acids is 1. The van der Waals surface area contributed by atoms with Crippen molar-refractivity contribution in [3.05, 3.63) is 18.7 Å². The van der Waals surface area contributed by atoms with Crippen LogP contribution in [-0.2, 0) is 16.1 Å². The number of hydrogen-bond donors (Lipinski definition) is 0. The van der Waals surface area contributed by atoms with Gasteiger partial charge >= 0.3 is 5.97 Å². The highest BCUT2D eigenvalue weighted by Gasteiger charge is 2.24. The van der Waals surface area contributed by atoms with Crippen molar-refractivity contribution < 1.29 is 9.53 Å². The van der Waals surface area contributed by atoms with Crippen molar-refractivity contribution >= 4 is 5.97 Å². The number of methoxy groups -OCH3 is 1. The molecule has 0 spiro atoms. The molecule has 0 amide bonds. The number of rotatable bonds is 7. The third-order valence-electron chi connectivity index (χ3n) is 3.82. The Morgan fingerprint density at radius 1 is 1.47 bits per heavy atom. The van der Waals surface area contributed by atoms with Gasteiger partial charge in [0.15, 0.2) is 0 Å². The molecule has 1 aromatic rings. The third-order valence-corrected chi connectivity index (χ3v) is 3.82. The van der Waals surface area contributed by atoms with Gasteiger partial charge in [-0.3, -0.25) is 9.69 Å². The third kappa shape index (κ3) is 4.35. The monoisotopic (exact) mass is 265 g/mol. The van der Waals surface area contributed by atoms with Crippen LogP contribution in [0.1, 0.15) is 32.1 Å². The number of ether oxygens (including phenoxy) is 1. The Morgan fingerprint density at radius 3 is 2.89 bits per heavy atom. The van der Waals surface area contributed by atoms with Crippen LogP contribution in [0.2, 0.25) is 0 Å². The van der Waals surface area contributed by atoms with Gasteiger partial charge in [-0.25, -0.2) is 4.98 Å². The van der Waals surface area contributed by atoms with Crippen LogP contribution < -0.4 is 0 Å². The van der Waals surface area contributed by atoms with E-state index in [9.17, 15) is 4.79 Å². The summed E-state index contributed by atoms with van der Waals surface area (Å²) in [7, 11) is 1.46. The summed E-state index contributed by atoms with van der Waals surface area (Å²) in [5.74, 6) is -0.130. The zero-order valence-corrected chi connectivity index (χ0v) is 11.6. The molecule has 0 aliphatic heterocycles. The normalized spacial score (nSPS) is 16.1. The molecule has 1 heterocycles. The minimum Gasteiger partial charge on any atom is -0.468 e. The molecule has 1 aliphatic rings. The number of nitrogens with zero attached hydrogens (tertiary/aromatic N) is 3. The molecule has 5 heteroatoms. The highest BCUT2D eigenvalue weighted by Crippen LogP contribution is 2.23. The van der Waals surface area contributed by atoms with Gasteiger partial charge in [-0.05, 0) is 19.3 Å². The minimum absolute atomic E-state index is 0.130. The molecule has 19 heavy (non-hydrogen) atoms. The molecule has 0 saturated heterocycles. The second kappa shape index (κ2) is 7.28. The number of esters is 1. The van der Waals surface area contributed by atoms with E-state index >= 15 is 0 Å². The standard InChI is InChI=1S/C14H23N3O2/c1-19-14(18)11-17(13-5-2-3-6-13)9-4-8-16-10-7-15-12-16/h7,10,12-13H,2-6,8-9,11H2,1H3. The molecule has 0 atom stereocenters. The quantitative estimate of drug-likeness (QED) is 0.704. The molecule has 0 radical (unpaired) electrons. The summed E-state index contributed by atoms with van der Waals surface area (Å²) in [5, 5.41) is 0. The highest BCUT2D eigenvalue weighted by molar-refractivity contribution is 5.71. The zero-order valence-electron chi connectivity index (χ0n) is 11.6. The van der Waals surface area contributed by atoms with Gasteiger partial charge in [0.2, 0.25) is 0 Å². The van der Waals surface area contributed by atoms with Crippen molar-refractivity contribution in [3.8, 4) is 0 Å². The van der Waals surface area contributed by atoms with E-state index < -0.39 is 0 Å². The molecule has 1 fully saturated rings. The van der Waals surface area contributed by atoms with Gasteiger partial charge in [-0.2, -0.15) is 0 Å². The van der Waals surface area contributed by atoms with Crippen LogP contribution in [0.4, 0.5) is 0 Å². The van der Waals surface area contributed by atoms with Gasteiger partial charge in [0.05, 0.1) is 20.0 Å². The number of imidazole rings is 1. The van der Waals surface area contributed by atoms with Gasteiger partial charge in [0.1, 0.15) is 0 Å². The summed E-state index contributed by atoms with van der Waals surface area (Å²) in [6.07, 6.45) is 11.6. The molecule has 0 N–H and O–H groups in total. The molecule has 0 unspecified atom stereocenters. The predicted molar refractivity (Wildman–Crippen MR) is 72.7 cm³/mol. The van der Waals surface area contributed by atoms with Crippen LogP contribution in [0.15, 0.2) is 18.7 Å². The maximum Gasteiger partial charge on any atom is 0.319 e. The second-order valence-corrected chi connectivity index (χ2v) is 5.14. The maximum atomic E-state index is 11.5. The molecule has 106 valence electrons. The summed E-state index contributed by atoms with van der Waals surface area (Å²) in [4.78, 5) is 17.8. The average Bonchev–Trinajstić information content (AvgIpc) is 3.10. The van der Waals surface area contributed by atoms with E-state index in [2.05, 4.69) is 14.5 Å². The van der Waals surface area contributed by atoms with E-state index in [1.54, 1.807) is 6.20 Å². The van der Waals surface area contributed by atoms with Gasteiger partial charge in [-0.15, -0.1) is 0 Å². The first-order valence-corrected chi connectivity index (χ1v) is 7.06. The van der Waals surface area contributed by atoms with E-state index in [0.29, 0.717) is 12.6 Å². The van der Waals surface area contributed by atoms with Crippen LogP contribution in [0, 0.1) is 0 Å². The van der Waals surface area contributed by atoms with Crippen molar-refractivity contribution in [1.29, 1.82) is 0 Å². The van der Waals surface area contributed by atoms with Gasteiger partial charge < -0.3 is 9.30 Å². The Labute approximate surface area is 114 Å². The van der Waals surface area contributed by atoms with E-state index in [1.165, 1.54) is 32.8 Å². The average molecular weight is 265 g/mol. The van der Waals surface area contributed by atoms with E-state index in [-0.39, 0.29) is 5.97 Å². The number of carbonyl (C=O) groups is 1. The summed E-state index contributed by atoms with van der Waals surface area (Å²) >= 11 is 0. The van der Waals surface area contributed by atoms with Crippen LogP contribution in [-0.4, -0.2) is 46.7 Å². The Morgan fingerprint density at radius 2 is 2.26 bits per heavy atom. The molecule has 0 bridgehead atoms. The first kappa shape index (κ1) is 14.1. The summed E-state index contributed by atoms with van der Waals surface area (Å²) < 4.78 is 6.87. The first-order chi connectivity index (χ1) is 9.29. The molecule has 1 saturated carbocycles. The smallest absolute Gasteiger partial charge is 0.319 e. The van der Waals surface area contributed by atoms with E-state index in [4.69, 9.17) is 4.74 Å². The Kier molecular flexibility index (Phi) is 5.39. The van der Waals surface area contributed by atoms with Crippen molar-refractivity contribution in [2.75, 3.05) is 20.2 Å². The molecular formula is C14H23N3O2. The summed E-state index contributed by atoms with van der Waals surface area (Å²) in [5.41, 5.74) is 0. The lowest BCUT2D eigenvalue weighted by Gasteiger charge is -2.27. The van der Waals surface area contributed by atoms with Gasteiger partial charge in [0.25, 0.3) is 0 Å². The largest absolute Gasteiger partial charge is 0.468 e. The lowest BCUT2D eigenvalue weighted by atomic mass is 10.2. The SMILES string of the molecule is COC(=O)CN(CCCn1ccnc1)C1CCCC1. The minimum atomic E-state index is -0.130.